The average molecular weight is 258 g/mol. The first-order valence-electron chi connectivity index (χ1n) is 6.55. The van der Waals surface area contributed by atoms with Crippen LogP contribution in [-0.2, 0) is 4.79 Å². The Kier molecular flexibility index (Phi) is 2.69. The number of likely N-dealkylation sites (tertiary alicyclic amines) is 1. The molecule has 19 heavy (non-hydrogen) atoms. The van der Waals surface area contributed by atoms with E-state index in [0.717, 1.165) is 17.5 Å². The van der Waals surface area contributed by atoms with Crippen molar-refractivity contribution in [3.8, 4) is 0 Å². The van der Waals surface area contributed by atoms with Gasteiger partial charge in [-0.15, -0.1) is 0 Å². The molecule has 3 rings (SSSR count). The Bertz CT molecular complexity index is 646. The number of imidazole rings is 1. The second kappa shape index (κ2) is 4.26. The number of aryl methyl sites for hydroxylation is 1. The Morgan fingerprint density at radius 2 is 2.21 bits per heavy atom. The van der Waals surface area contributed by atoms with E-state index in [2.05, 4.69) is 22.5 Å². The number of aromatic nitrogens is 2. The zero-order chi connectivity index (χ0) is 13.6. The number of para-hydroxylation sites is 1. The lowest BCUT2D eigenvalue weighted by Crippen LogP contribution is -2.38. The second-order valence-electron chi connectivity index (χ2n) is 5.25. The van der Waals surface area contributed by atoms with E-state index in [-0.39, 0.29) is 11.9 Å². The molecule has 1 aromatic heterocycles. The van der Waals surface area contributed by atoms with Crippen molar-refractivity contribution in [2.24, 2.45) is 0 Å². The van der Waals surface area contributed by atoms with Crippen LogP contribution in [0, 0.1) is 6.92 Å². The van der Waals surface area contributed by atoms with Gasteiger partial charge in [-0.1, -0.05) is 12.1 Å². The van der Waals surface area contributed by atoms with E-state index >= 15 is 0 Å². The van der Waals surface area contributed by atoms with Crippen molar-refractivity contribution in [1.82, 2.24) is 14.5 Å². The Balaban J connectivity index is 2.10. The van der Waals surface area contributed by atoms with Gasteiger partial charge >= 0.3 is 0 Å². The van der Waals surface area contributed by atoms with Crippen molar-refractivity contribution >= 4 is 22.9 Å². The highest BCUT2D eigenvalue weighted by molar-refractivity contribution is 5.82. The molecule has 0 aliphatic carbocycles. The fourth-order valence-electron chi connectivity index (χ4n) is 2.91. The fraction of sp³-hybridized carbons (Fsp3) is 0.429. The van der Waals surface area contributed by atoms with Crippen LogP contribution < -0.4 is 5.73 Å². The number of hydrogen-bond acceptors (Lipinski definition) is 3. The van der Waals surface area contributed by atoms with Gasteiger partial charge in [-0.05, 0) is 25.0 Å². The molecule has 1 saturated heterocycles. The lowest BCUT2D eigenvalue weighted by atomic mass is 10.0. The number of nitrogens with zero attached hydrogens (tertiary/aromatic N) is 3. The van der Waals surface area contributed by atoms with Crippen LogP contribution in [0.5, 0.6) is 0 Å². The number of rotatable bonds is 1. The van der Waals surface area contributed by atoms with Crippen molar-refractivity contribution < 1.29 is 4.79 Å². The molecule has 0 bridgehead atoms. The number of likely N-dealkylation sites (N-methyl/N-ethyl adjacent to an activating group) is 1. The molecule has 5 nitrogen and oxygen atoms in total. The maximum atomic E-state index is 11.6. The molecule has 100 valence electrons. The summed E-state index contributed by atoms with van der Waals surface area (Å²) >= 11 is 0. The molecule has 1 amide bonds. The van der Waals surface area contributed by atoms with Gasteiger partial charge in [-0.2, -0.15) is 0 Å². The van der Waals surface area contributed by atoms with Gasteiger partial charge in [0.05, 0.1) is 17.1 Å². The molecule has 1 atom stereocenters. The van der Waals surface area contributed by atoms with Crippen LogP contribution in [0.4, 0.5) is 5.95 Å². The van der Waals surface area contributed by atoms with Crippen molar-refractivity contribution in [3.05, 3.63) is 23.8 Å². The Labute approximate surface area is 112 Å². The van der Waals surface area contributed by atoms with Crippen LogP contribution >= 0.6 is 0 Å². The summed E-state index contributed by atoms with van der Waals surface area (Å²) in [7, 11) is 1.84. The Morgan fingerprint density at radius 3 is 2.95 bits per heavy atom. The number of fused-ring (bicyclic) bond motifs is 1. The van der Waals surface area contributed by atoms with Gasteiger partial charge in [0.1, 0.15) is 0 Å². The number of hydrogen-bond donors (Lipinski definition) is 1. The third-order valence-electron chi connectivity index (χ3n) is 3.91. The summed E-state index contributed by atoms with van der Waals surface area (Å²) in [5.41, 5.74) is 9.27. The maximum absolute atomic E-state index is 11.6. The van der Waals surface area contributed by atoms with Gasteiger partial charge < -0.3 is 15.2 Å². The van der Waals surface area contributed by atoms with Gasteiger partial charge in [0.15, 0.2) is 0 Å². The predicted molar refractivity (Wildman–Crippen MR) is 74.8 cm³/mol. The van der Waals surface area contributed by atoms with E-state index in [1.54, 1.807) is 4.90 Å². The molecule has 0 saturated carbocycles. The highest BCUT2D eigenvalue weighted by Gasteiger charge is 2.27. The fourth-order valence-corrected chi connectivity index (χ4v) is 2.91. The van der Waals surface area contributed by atoms with E-state index in [1.165, 1.54) is 5.56 Å². The first kappa shape index (κ1) is 12.0. The summed E-state index contributed by atoms with van der Waals surface area (Å²) in [6.45, 7) is 2.76. The largest absolute Gasteiger partial charge is 0.369 e. The highest BCUT2D eigenvalue weighted by atomic mass is 16.2. The molecule has 0 radical (unpaired) electrons. The lowest BCUT2D eigenvalue weighted by Gasteiger charge is -2.31. The number of anilines is 1. The van der Waals surface area contributed by atoms with Gasteiger partial charge in [0.2, 0.25) is 11.9 Å². The molecule has 1 aromatic carbocycles. The number of amides is 1. The van der Waals surface area contributed by atoms with E-state index in [1.807, 2.05) is 19.2 Å². The topological polar surface area (TPSA) is 64.1 Å². The van der Waals surface area contributed by atoms with Crippen LogP contribution in [-0.4, -0.2) is 34.0 Å². The molecule has 2 N–H and O–H groups in total. The number of carbonyl (C=O) groups excluding carboxylic acids is 1. The molecule has 5 heteroatoms. The number of benzene rings is 1. The molecule has 1 fully saturated rings. The first-order chi connectivity index (χ1) is 9.08. The van der Waals surface area contributed by atoms with E-state index in [4.69, 9.17) is 5.73 Å². The molecule has 1 aliphatic heterocycles. The summed E-state index contributed by atoms with van der Waals surface area (Å²) < 4.78 is 2.09. The molecule has 2 aromatic rings. The SMILES string of the molecule is Cc1cccc2nc(N)n(C3CCC(=O)N(C)C3)c12. The Morgan fingerprint density at radius 1 is 1.42 bits per heavy atom. The molecular formula is C14H18N4O. The maximum Gasteiger partial charge on any atom is 0.222 e. The molecule has 1 unspecified atom stereocenters. The number of nitrogens with two attached hydrogens (primary N) is 1. The molecule has 1 aliphatic rings. The van der Waals surface area contributed by atoms with Crippen molar-refractivity contribution in [2.45, 2.75) is 25.8 Å². The van der Waals surface area contributed by atoms with E-state index in [0.29, 0.717) is 18.9 Å². The van der Waals surface area contributed by atoms with Gasteiger partial charge in [0, 0.05) is 20.0 Å². The van der Waals surface area contributed by atoms with Crippen LogP contribution in [0.25, 0.3) is 11.0 Å². The van der Waals surface area contributed by atoms with E-state index in [9.17, 15) is 4.79 Å². The summed E-state index contributed by atoms with van der Waals surface area (Å²) in [6, 6.07) is 6.25. The standard InChI is InChI=1S/C14H18N4O/c1-9-4-3-5-11-13(9)18(14(15)16-11)10-6-7-12(19)17(2)8-10/h3-5,10H,6-8H2,1-2H3,(H2,15,16). The zero-order valence-corrected chi connectivity index (χ0v) is 11.3. The second-order valence-corrected chi connectivity index (χ2v) is 5.25. The molecular weight excluding hydrogens is 240 g/mol. The summed E-state index contributed by atoms with van der Waals surface area (Å²) in [5.74, 6) is 0.744. The minimum Gasteiger partial charge on any atom is -0.369 e. The Hall–Kier alpha value is -2.04. The quantitative estimate of drug-likeness (QED) is 0.847. The zero-order valence-electron chi connectivity index (χ0n) is 11.3. The van der Waals surface area contributed by atoms with Crippen LogP contribution in [0.2, 0.25) is 0 Å². The van der Waals surface area contributed by atoms with Gasteiger partial charge in [-0.25, -0.2) is 4.98 Å². The van der Waals surface area contributed by atoms with Crippen LogP contribution in [0.15, 0.2) is 18.2 Å². The summed E-state index contributed by atoms with van der Waals surface area (Å²) in [4.78, 5) is 17.8. The van der Waals surface area contributed by atoms with Gasteiger partial charge in [0.25, 0.3) is 0 Å². The lowest BCUT2D eigenvalue weighted by molar-refractivity contribution is -0.132. The minimum atomic E-state index is 0.205. The summed E-state index contributed by atoms with van der Waals surface area (Å²) in [5, 5.41) is 0. The third kappa shape index (κ3) is 1.85. The van der Waals surface area contributed by atoms with Gasteiger partial charge in [-0.3, -0.25) is 4.79 Å². The number of nitrogen functional groups attached to an aromatic ring is 1. The number of carbonyl (C=O) groups is 1. The van der Waals surface area contributed by atoms with Crippen molar-refractivity contribution in [1.29, 1.82) is 0 Å². The molecule has 2 heterocycles. The van der Waals surface area contributed by atoms with Crippen LogP contribution in [0.3, 0.4) is 0 Å². The van der Waals surface area contributed by atoms with Crippen molar-refractivity contribution in [3.63, 3.8) is 0 Å². The minimum absolute atomic E-state index is 0.205. The smallest absolute Gasteiger partial charge is 0.222 e. The number of piperidine rings is 1. The normalized spacial score (nSPS) is 20.2. The summed E-state index contributed by atoms with van der Waals surface area (Å²) in [6.07, 6.45) is 1.40. The van der Waals surface area contributed by atoms with Crippen molar-refractivity contribution in [2.75, 3.05) is 19.3 Å². The highest BCUT2D eigenvalue weighted by Crippen LogP contribution is 2.30. The first-order valence-corrected chi connectivity index (χ1v) is 6.55. The monoisotopic (exact) mass is 258 g/mol. The predicted octanol–water partition coefficient (Wildman–Crippen LogP) is 1.72. The van der Waals surface area contributed by atoms with Crippen LogP contribution in [0.1, 0.15) is 24.4 Å². The average Bonchev–Trinajstić information content (AvgIpc) is 2.70. The third-order valence-corrected chi connectivity index (χ3v) is 3.91. The molecule has 0 spiro atoms. The van der Waals surface area contributed by atoms with E-state index < -0.39 is 0 Å².